The van der Waals surface area contributed by atoms with Gasteiger partial charge in [-0.3, -0.25) is 9.80 Å². The molecule has 1 aromatic carbocycles. The van der Waals surface area contributed by atoms with E-state index in [0.717, 1.165) is 22.1 Å². The molecule has 1 aromatic heterocycles. The first-order valence-corrected chi connectivity index (χ1v) is 11.1. The molecule has 0 bridgehead atoms. The number of aromatic nitrogens is 1. The lowest BCUT2D eigenvalue weighted by molar-refractivity contribution is 0.0750. The maximum atomic E-state index is 4.87. The van der Waals surface area contributed by atoms with E-state index < -0.39 is 0 Å². The van der Waals surface area contributed by atoms with Crippen molar-refractivity contribution >= 4 is 27.3 Å². The van der Waals surface area contributed by atoms with Crippen LogP contribution in [-0.2, 0) is 6.54 Å². The standard InChI is InChI=1S/C20H26BrN3S/c21-17-6-4-5-16(13-17)20-22-18(15-25-20)14-23-9-11-24(12-10-23)19-7-2-1-3-8-19/h4-6,13,15,19H,1-3,7-12,14H2. The van der Waals surface area contributed by atoms with Gasteiger partial charge in [0.05, 0.1) is 5.69 Å². The van der Waals surface area contributed by atoms with E-state index in [1.54, 1.807) is 11.3 Å². The Morgan fingerprint density at radius 3 is 2.64 bits per heavy atom. The Morgan fingerprint density at radius 1 is 1.08 bits per heavy atom. The molecule has 5 heteroatoms. The molecule has 2 aromatic rings. The van der Waals surface area contributed by atoms with Gasteiger partial charge in [-0.2, -0.15) is 0 Å². The van der Waals surface area contributed by atoms with Crippen molar-refractivity contribution < 1.29 is 0 Å². The van der Waals surface area contributed by atoms with Crippen molar-refractivity contribution in [3.8, 4) is 10.6 Å². The predicted molar refractivity (Wildman–Crippen MR) is 109 cm³/mol. The number of hydrogen-bond donors (Lipinski definition) is 0. The summed E-state index contributed by atoms with van der Waals surface area (Å²) >= 11 is 5.30. The molecule has 0 atom stereocenters. The molecule has 134 valence electrons. The van der Waals surface area contributed by atoms with Gasteiger partial charge in [-0.05, 0) is 25.0 Å². The van der Waals surface area contributed by atoms with Crippen LogP contribution in [0.25, 0.3) is 10.6 Å². The third kappa shape index (κ3) is 4.51. The van der Waals surface area contributed by atoms with E-state index in [2.05, 4.69) is 55.4 Å². The monoisotopic (exact) mass is 419 g/mol. The number of nitrogens with zero attached hydrogens (tertiary/aromatic N) is 3. The molecule has 1 aliphatic heterocycles. The second-order valence-corrected chi connectivity index (χ2v) is 9.03. The Labute approximate surface area is 163 Å². The molecule has 3 nitrogen and oxygen atoms in total. The Kier molecular flexibility index (Phi) is 5.86. The van der Waals surface area contributed by atoms with Gasteiger partial charge in [-0.15, -0.1) is 11.3 Å². The van der Waals surface area contributed by atoms with E-state index in [1.165, 1.54) is 69.5 Å². The summed E-state index contributed by atoms with van der Waals surface area (Å²) in [7, 11) is 0. The second kappa shape index (κ2) is 8.30. The highest BCUT2D eigenvalue weighted by Gasteiger charge is 2.25. The van der Waals surface area contributed by atoms with Gasteiger partial charge in [0, 0.05) is 54.2 Å². The van der Waals surface area contributed by atoms with E-state index in [9.17, 15) is 0 Å². The van der Waals surface area contributed by atoms with Crippen LogP contribution < -0.4 is 0 Å². The first-order valence-electron chi connectivity index (χ1n) is 9.45. The number of hydrogen-bond acceptors (Lipinski definition) is 4. The zero-order valence-corrected chi connectivity index (χ0v) is 17.1. The van der Waals surface area contributed by atoms with Crippen LogP contribution in [0.4, 0.5) is 0 Å². The van der Waals surface area contributed by atoms with Crippen molar-refractivity contribution in [1.29, 1.82) is 0 Å². The zero-order chi connectivity index (χ0) is 17.1. The van der Waals surface area contributed by atoms with Crippen LogP contribution in [0.2, 0.25) is 0 Å². The van der Waals surface area contributed by atoms with Gasteiger partial charge >= 0.3 is 0 Å². The lowest BCUT2D eigenvalue weighted by atomic mass is 9.94. The fourth-order valence-electron chi connectivity index (χ4n) is 4.10. The summed E-state index contributed by atoms with van der Waals surface area (Å²) in [5.74, 6) is 0. The minimum absolute atomic E-state index is 0.860. The van der Waals surface area contributed by atoms with E-state index in [0.29, 0.717) is 0 Å². The SMILES string of the molecule is Brc1cccc(-c2nc(CN3CCN(C4CCCCC4)CC3)cs2)c1. The maximum absolute atomic E-state index is 4.87. The van der Waals surface area contributed by atoms with Crippen LogP contribution in [-0.4, -0.2) is 47.0 Å². The molecule has 0 spiro atoms. The van der Waals surface area contributed by atoms with Crippen molar-refractivity contribution in [2.45, 2.75) is 44.7 Å². The molecule has 0 unspecified atom stereocenters. The van der Waals surface area contributed by atoms with Crippen LogP contribution >= 0.6 is 27.3 Å². The number of halogens is 1. The highest BCUT2D eigenvalue weighted by molar-refractivity contribution is 9.10. The van der Waals surface area contributed by atoms with Crippen LogP contribution in [0.15, 0.2) is 34.1 Å². The zero-order valence-electron chi connectivity index (χ0n) is 14.7. The first kappa shape index (κ1) is 17.7. The number of piperazine rings is 1. The van der Waals surface area contributed by atoms with E-state index in [4.69, 9.17) is 4.98 Å². The quantitative estimate of drug-likeness (QED) is 0.692. The summed E-state index contributed by atoms with van der Waals surface area (Å²) in [5, 5.41) is 3.35. The minimum Gasteiger partial charge on any atom is -0.298 e. The predicted octanol–water partition coefficient (Wildman–Crippen LogP) is 5.02. The lowest BCUT2D eigenvalue weighted by Crippen LogP contribution is -2.50. The van der Waals surface area contributed by atoms with Gasteiger partial charge in [-0.25, -0.2) is 4.98 Å². The summed E-state index contributed by atoms with van der Waals surface area (Å²) in [6.45, 7) is 5.81. The Hall–Kier alpha value is -0.750. The minimum atomic E-state index is 0.860. The van der Waals surface area contributed by atoms with Gasteiger partial charge < -0.3 is 0 Å². The molecule has 4 rings (SSSR count). The summed E-state index contributed by atoms with van der Waals surface area (Å²) < 4.78 is 1.11. The molecule has 0 radical (unpaired) electrons. The summed E-state index contributed by atoms with van der Waals surface area (Å²) in [5.41, 5.74) is 2.42. The molecule has 2 aliphatic rings. The fourth-order valence-corrected chi connectivity index (χ4v) is 5.30. The van der Waals surface area contributed by atoms with E-state index in [1.807, 2.05) is 0 Å². The molecule has 0 amide bonds. The van der Waals surface area contributed by atoms with Crippen LogP contribution in [0, 0.1) is 0 Å². The third-order valence-electron chi connectivity index (χ3n) is 5.51. The van der Waals surface area contributed by atoms with Crippen molar-refractivity contribution in [1.82, 2.24) is 14.8 Å². The van der Waals surface area contributed by atoms with Gasteiger partial charge in [0.2, 0.25) is 0 Å². The molecule has 1 saturated heterocycles. The molecule has 2 heterocycles. The van der Waals surface area contributed by atoms with Gasteiger partial charge in [0.25, 0.3) is 0 Å². The van der Waals surface area contributed by atoms with Crippen molar-refractivity contribution in [3.05, 3.63) is 39.8 Å². The largest absolute Gasteiger partial charge is 0.298 e. The van der Waals surface area contributed by atoms with Crippen LogP contribution in [0.3, 0.4) is 0 Å². The number of rotatable bonds is 4. The Morgan fingerprint density at radius 2 is 1.88 bits per heavy atom. The van der Waals surface area contributed by atoms with Gasteiger partial charge in [-0.1, -0.05) is 47.3 Å². The van der Waals surface area contributed by atoms with Crippen molar-refractivity contribution in [3.63, 3.8) is 0 Å². The smallest absolute Gasteiger partial charge is 0.123 e. The molecule has 0 N–H and O–H groups in total. The van der Waals surface area contributed by atoms with Crippen LogP contribution in [0.1, 0.15) is 37.8 Å². The van der Waals surface area contributed by atoms with E-state index in [-0.39, 0.29) is 0 Å². The van der Waals surface area contributed by atoms with Gasteiger partial charge in [0.1, 0.15) is 5.01 Å². The lowest BCUT2D eigenvalue weighted by Gasteiger charge is -2.40. The third-order valence-corrected chi connectivity index (χ3v) is 6.94. The Balaban J connectivity index is 1.31. The molecular weight excluding hydrogens is 394 g/mol. The number of benzene rings is 1. The van der Waals surface area contributed by atoms with E-state index >= 15 is 0 Å². The van der Waals surface area contributed by atoms with Crippen LogP contribution in [0.5, 0.6) is 0 Å². The molecular formula is C20H26BrN3S. The maximum Gasteiger partial charge on any atom is 0.123 e. The molecule has 1 aliphatic carbocycles. The molecule has 25 heavy (non-hydrogen) atoms. The normalized spacial score (nSPS) is 20.8. The molecule has 1 saturated carbocycles. The van der Waals surface area contributed by atoms with Crippen molar-refractivity contribution in [2.24, 2.45) is 0 Å². The summed E-state index contributed by atoms with van der Waals surface area (Å²) in [6, 6.07) is 9.27. The Bertz CT molecular complexity index is 688. The van der Waals surface area contributed by atoms with Crippen molar-refractivity contribution in [2.75, 3.05) is 26.2 Å². The summed E-state index contributed by atoms with van der Waals surface area (Å²) in [4.78, 5) is 10.2. The van der Waals surface area contributed by atoms with Gasteiger partial charge in [0.15, 0.2) is 0 Å². The average molecular weight is 420 g/mol. The first-order chi connectivity index (χ1) is 12.3. The number of thiazole rings is 1. The molecule has 2 fully saturated rings. The fraction of sp³-hybridized carbons (Fsp3) is 0.550. The average Bonchev–Trinajstić information content (AvgIpc) is 3.12. The topological polar surface area (TPSA) is 19.4 Å². The second-order valence-electron chi connectivity index (χ2n) is 7.26. The highest BCUT2D eigenvalue weighted by atomic mass is 79.9. The summed E-state index contributed by atoms with van der Waals surface area (Å²) in [6.07, 6.45) is 7.15. The highest BCUT2D eigenvalue weighted by Crippen LogP contribution is 2.27.